The number of ether oxygens (including phenoxy) is 1. The highest BCUT2D eigenvalue weighted by molar-refractivity contribution is 5.21. The van der Waals surface area contributed by atoms with Crippen molar-refractivity contribution in [3.8, 4) is 0 Å². The molecule has 0 aliphatic carbocycles. The van der Waals surface area contributed by atoms with E-state index < -0.39 is 0 Å². The minimum absolute atomic E-state index is 0.0302. The summed E-state index contributed by atoms with van der Waals surface area (Å²) in [5.74, 6) is 0. The molecular formula is C18H21NO. The molecule has 20 heavy (non-hydrogen) atoms. The minimum atomic E-state index is -0.0302. The zero-order valence-corrected chi connectivity index (χ0v) is 11.8. The molecule has 2 aromatic carbocycles. The number of rotatable bonds is 7. The first kappa shape index (κ1) is 14.5. The molecule has 0 spiro atoms. The summed E-state index contributed by atoms with van der Waals surface area (Å²) < 4.78 is 5.64. The molecule has 0 saturated heterocycles. The molecule has 2 aromatic rings. The van der Waals surface area contributed by atoms with Crippen LogP contribution in [-0.4, -0.2) is 13.2 Å². The van der Waals surface area contributed by atoms with Crippen molar-refractivity contribution in [1.82, 2.24) is 5.32 Å². The summed E-state index contributed by atoms with van der Waals surface area (Å²) in [4.78, 5) is 0. The van der Waals surface area contributed by atoms with E-state index >= 15 is 0 Å². The van der Waals surface area contributed by atoms with Gasteiger partial charge >= 0.3 is 0 Å². The predicted octanol–water partition coefficient (Wildman–Crippen LogP) is 3.72. The summed E-state index contributed by atoms with van der Waals surface area (Å²) in [6.07, 6.45) is 1.88. The van der Waals surface area contributed by atoms with Crippen LogP contribution in [0.3, 0.4) is 0 Å². The Balaban J connectivity index is 2.04. The summed E-state index contributed by atoms with van der Waals surface area (Å²) in [5, 5.41) is 3.49. The van der Waals surface area contributed by atoms with Crippen molar-refractivity contribution < 1.29 is 4.74 Å². The molecule has 0 bridgehead atoms. The Labute approximate surface area is 121 Å². The predicted molar refractivity (Wildman–Crippen MR) is 83.5 cm³/mol. The van der Waals surface area contributed by atoms with Crippen LogP contribution in [-0.2, 0) is 11.3 Å². The van der Waals surface area contributed by atoms with Gasteiger partial charge in [0.15, 0.2) is 0 Å². The van der Waals surface area contributed by atoms with Gasteiger partial charge in [0.1, 0.15) is 6.10 Å². The van der Waals surface area contributed by atoms with E-state index in [0.29, 0.717) is 0 Å². The molecule has 0 saturated carbocycles. The first-order valence-electron chi connectivity index (χ1n) is 6.82. The van der Waals surface area contributed by atoms with Crippen molar-refractivity contribution in [3.63, 3.8) is 0 Å². The van der Waals surface area contributed by atoms with Gasteiger partial charge in [-0.05, 0) is 11.1 Å². The van der Waals surface area contributed by atoms with Crippen LogP contribution in [0.4, 0.5) is 0 Å². The van der Waals surface area contributed by atoms with Gasteiger partial charge in [-0.15, -0.1) is 6.58 Å². The molecular weight excluding hydrogens is 246 g/mol. The summed E-state index contributed by atoms with van der Waals surface area (Å²) in [5.41, 5.74) is 2.41. The largest absolute Gasteiger partial charge is 0.375 e. The van der Waals surface area contributed by atoms with Crippen molar-refractivity contribution in [2.75, 3.05) is 7.11 Å². The Kier molecular flexibility index (Phi) is 5.54. The van der Waals surface area contributed by atoms with E-state index in [1.165, 1.54) is 5.56 Å². The van der Waals surface area contributed by atoms with Crippen LogP contribution in [0.1, 0.15) is 17.2 Å². The van der Waals surface area contributed by atoms with E-state index in [9.17, 15) is 0 Å². The first-order valence-corrected chi connectivity index (χ1v) is 6.82. The Morgan fingerprint density at radius 1 is 1.05 bits per heavy atom. The highest BCUT2D eigenvalue weighted by atomic mass is 16.5. The van der Waals surface area contributed by atoms with E-state index in [0.717, 1.165) is 12.1 Å². The third-order valence-electron chi connectivity index (χ3n) is 3.35. The van der Waals surface area contributed by atoms with Crippen LogP contribution in [0.2, 0.25) is 0 Å². The molecule has 0 fully saturated rings. The molecule has 2 atom stereocenters. The first-order chi connectivity index (χ1) is 9.85. The Hall–Kier alpha value is -1.90. The molecule has 0 aromatic heterocycles. The van der Waals surface area contributed by atoms with Crippen molar-refractivity contribution in [3.05, 3.63) is 84.4 Å². The maximum atomic E-state index is 5.64. The Bertz CT molecular complexity index is 509. The highest BCUT2D eigenvalue weighted by Crippen LogP contribution is 2.21. The summed E-state index contributed by atoms with van der Waals surface area (Å²) >= 11 is 0. The van der Waals surface area contributed by atoms with Gasteiger partial charge in [0.05, 0.1) is 6.04 Å². The smallest absolute Gasteiger partial charge is 0.101 e. The number of hydrogen-bond donors (Lipinski definition) is 1. The third-order valence-corrected chi connectivity index (χ3v) is 3.35. The Morgan fingerprint density at radius 2 is 1.65 bits per heavy atom. The van der Waals surface area contributed by atoms with Gasteiger partial charge in [0, 0.05) is 13.7 Å². The van der Waals surface area contributed by atoms with Gasteiger partial charge in [-0.1, -0.05) is 66.7 Å². The number of methoxy groups -OCH3 is 1. The van der Waals surface area contributed by atoms with Crippen molar-refractivity contribution in [1.29, 1.82) is 0 Å². The molecule has 2 rings (SSSR count). The lowest BCUT2D eigenvalue weighted by molar-refractivity contribution is 0.0814. The maximum Gasteiger partial charge on any atom is 0.101 e. The summed E-state index contributed by atoms with van der Waals surface area (Å²) in [6.45, 7) is 4.72. The van der Waals surface area contributed by atoms with Gasteiger partial charge in [0.2, 0.25) is 0 Å². The van der Waals surface area contributed by atoms with E-state index in [4.69, 9.17) is 4.74 Å². The fraction of sp³-hybridized carbons (Fsp3) is 0.222. The highest BCUT2D eigenvalue weighted by Gasteiger charge is 2.19. The van der Waals surface area contributed by atoms with E-state index in [1.807, 2.05) is 42.5 Å². The third kappa shape index (κ3) is 3.80. The van der Waals surface area contributed by atoms with Gasteiger partial charge in [-0.3, -0.25) is 0 Å². The van der Waals surface area contributed by atoms with Crippen molar-refractivity contribution in [2.24, 2.45) is 0 Å². The molecule has 0 amide bonds. The second kappa shape index (κ2) is 7.63. The zero-order chi connectivity index (χ0) is 14.2. The molecule has 0 unspecified atom stereocenters. The van der Waals surface area contributed by atoms with E-state index in [1.54, 1.807) is 7.11 Å². The zero-order valence-electron chi connectivity index (χ0n) is 11.8. The normalized spacial score (nSPS) is 13.7. The molecule has 0 aliphatic heterocycles. The molecule has 2 nitrogen and oxygen atoms in total. The number of nitrogens with one attached hydrogen (secondary N) is 1. The topological polar surface area (TPSA) is 21.3 Å². The second-order valence-electron chi connectivity index (χ2n) is 4.69. The molecule has 104 valence electrons. The van der Waals surface area contributed by atoms with Crippen LogP contribution < -0.4 is 5.32 Å². The number of hydrogen-bond acceptors (Lipinski definition) is 2. The average molecular weight is 267 g/mol. The second-order valence-corrected chi connectivity index (χ2v) is 4.69. The molecule has 2 heteroatoms. The van der Waals surface area contributed by atoms with Crippen LogP contribution >= 0.6 is 0 Å². The van der Waals surface area contributed by atoms with Crippen molar-refractivity contribution in [2.45, 2.75) is 18.7 Å². The standard InChI is InChI=1S/C18H21NO/c1-3-17(19-14-15-10-6-4-7-11-15)18(20-2)16-12-8-5-9-13-16/h3-13,17-19H,1,14H2,2H3/t17-,18-/m1/s1. The molecule has 0 heterocycles. The van der Waals surface area contributed by atoms with Crippen LogP contribution in [0, 0.1) is 0 Å². The maximum absolute atomic E-state index is 5.64. The van der Waals surface area contributed by atoms with Gasteiger partial charge < -0.3 is 10.1 Å². The minimum Gasteiger partial charge on any atom is -0.375 e. The summed E-state index contributed by atoms with van der Waals surface area (Å²) in [7, 11) is 1.73. The van der Waals surface area contributed by atoms with Crippen LogP contribution in [0.25, 0.3) is 0 Å². The molecule has 0 radical (unpaired) electrons. The monoisotopic (exact) mass is 267 g/mol. The van der Waals surface area contributed by atoms with Gasteiger partial charge in [0.25, 0.3) is 0 Å². The summed E-state index contributed by atoms with van der Waals surface area (Å²) in [6, 6.07) is 20.6. The fourth-order valence-corrected chi connectivity index (χ4v) is 2.28. The lowest BCUT2D eigenvalue weighted by Crippen LogP contribution is -2.33. The lowest BCUT2D eigenvalue weighted by atomic mass is 10.0. The van der Waals surface area contributed by atoms with Gasteiger partial charge in [-0.2, -0.15) is 0 Å². The quantitative estimate of drug-likeness (QED) is 0.772. The average Bonchev–Trinajstić information content (AvgIpc) is 2.53. The fourth-order valence-electron chi connectivity index (χ4n) is 2.28. The number of benzene rings is 2. The Morgan fingerprint density at radius 3 is 2.20 bits per heavy atom. The van der Waals surface area contributed by atoms with E-state index in [-0.39, 0.29) is 12.1 Å². The molecule has 0 aliphatic rings. The lowest BCUT2D eigenvalue weighted by Gasteiger charge is -2.25. The van der Waals surface area contributed by atoms with Crippen molar-refractivity contribution >= 4 is 0 Å². The van der Waals surface area contributed by atoms with Crippen LogP contribution in [0.5, 0.6) is 0 Å². The van der Waals surface area contributed by atoms with Crippen LogP contribution in [0.15, 0.2) is 73.3 Å². The molecule has 1 N–H and O–H groups in total. The van der Waals surface area contributed by atoms with Gasteiger partial charge in [-0.25, -0.2) is 0 Å². The SMILES string of the molecule is C=C[C@@H](NCc1ccccc1)[C@H](OC)c1ccccc1. The van der Waals surface area contributed by atoms with E-state index in [2.05, 4.69) is 36.2 Å².